The van der Waals surface area contributed by atoms with E-state index in [0.717, 1.165) is 11.2 Å². The molecule has 9 aromatic rings. The van der Waals surface area contributed by atoms with Crippen LogP contribution in [-0.2, 0) is 16.2 Å². The van der Waals surface area contributed by atoms with E-state index in [9.17, 15) is 0 Å². The van der Waals surface area contributed by atoms with Crippen molar-refractivity contribution in [3.63, 3.8) is 0 Å². The molecule has 1 heteroatoms. The maximum absolute atomic E-state index is 6.91. The normalized spacial score (nSPS) is 15.1. The Balaban J connectivity index is 1.20. The average Bonchev–Trinajstić information content (AvgIpc) is 3.76. The highest BCUT2D eigenvalue weighted by molar-refractivity contribution is 6.23. The molecule has 11 rings (SSSR count). The highest BCUT2D eigenvalue weighted by atomic mass is 16.3. The summed E-state index contributed by atoms with van der Waals surface area (Å²) in [4.78, 5) is 0. The van der Waals surface area contributed by atoms with Gasteiger partial charge in [-0.05, 0) is 106 Å². The molecule has 2 aliphatic rings. The minimum absolute atomic E-state index is 0.101. The van der Waals surface area contributed by atoms with Gasteiger partial charge in [-0.3, -0.25) is 0 Å². The lowest BCUT2D eigenvalue weighted by Crippen LogP contribution is -2.24. The Bertz CT molecular complexity index is 3050. The van der Waals surface area contributed by atoms with Gasteiger partial charge in [0.15, 0.2) is 0 Å². The molecular weight excluding hydrogens is 665 g/mol. The van der Waals surface area contributed by atoms with Gasteiger partial charge in [0.25, 0.3) is 0 Å². The molecular formula is C54H44O. The Morgan fingerprint density at radius 2 is 0.927 bits per heavy atom. The van der Waals surface area contributed by atoms with Gasteiger partial charge in [-0.2, -0.15) is 0 Å². The smallest absolute Gasteiger partial charge is 0.144 e. The minimum Gasteiger partial charge on any atom is -0.455 e. The first-order chi connectivity index (χ1) is 26.5. The van der Waals surface area contributed by atoms with Gasteiger partial charge in [0.1, 0.15) is 11.2 Å². The number of rotatable bonds is 2. The summed E-state index contributed by atoms with van der Waals surface area (Å²) < 4.78 is 6.91. The molecule has 266 valence electrons. The third kappa shape index (κ3) is 4.25. The fraction of sp³-hybridized carbons (Fsp3) is 0.185. The van der Waals surface area contributed by atoms with Gasteiger partial charge in [-0.25, -0.2) is 0 Å². The zero-order chi connectivity index (χ0) is 37.6. The third-order valence-electron chi connectivity index (χ3n) is 13.2. The zero-order valence-electron chi connectivity index (χ0n) is 32.7. The molecule has 0 bridgehead atoms. The maximum atomic E-state index is 6.91. The zero-order valence-corrected chi connectivity index (χ0v) is 32.7. The van der Waals surface area contributed by atoms with E-state index >= 15 is 0 Å². The molecule has 8 aromatic carbocycles. The average molecular weight is 709 g/mol. The van der Waals surface area contributed by atoms with Crippen LogP contribution in [0.4, 0.5) is 0 Å². The number of fused-ring (bicyclic) bond motifs is 14. The molecule has 0 amide bonds. The SMILES string of the molecule is CC(C)(C)c1ccc(-c2c3ccccc3c(-c3ccc4c(c3)C(C)(C)c3c5c(c6oc7ccccc7c6c3-4)-c3ccccc3C5(C)C)c3ccccc23)cc1. The molecule has 1 aromatic heterocycles. The van der Waals surface area contributed by atoms with E-state index < -0.39 is 0 Å². The highest BCUT2D eigenvalue weighted by Crippen LogP contribution is 2.63. The monoisotopic (exact) mass is 708 g/mol. The van der Waals surface area contributed by atoms with Crippen LogP contribution in [-0.4, -0.2) is 0 Å². The maximum Gasteiger partial charge on any atom is 0.144 e. The molecule has 0 saturated heterocycles. The lowest BCUT2D eigenvalue weighted by Gasteiger charge is -2.31. The summed E-state index contributed by atoms with van der Waals surface area (Å²) in [6.07, 6.45) is 0. The Morgan fingerprint density at radius 3 is 1.56 bits per heavy atom. The molecule has 1 nitrogen and oxygen atoms in total. The third-order valence-corrected chi connectivity index (χ3v) is 13.2. The Morgan fingerprint density at radius 1 is 0.436 bits per heavy atom. The first-order valence-corrected chi connectivity index (χ1v) is 19.8. The Hall–Kier alpha value is -5.92. The fourth-order valence-corrected chi connectivity index (χ4v) is 10.6. The van der Waals surface area contributed by atoms with Crippen LogP contribution < -0.4 is 0 Å². The lowest BCUT2D eigenvalue weighted by molar-refractivity contribution is 0.590. The predicted molar refractivity (Wildman–Crippen MR) is 233 cm³/mol. The number of hydrogen-bond donors (Lipinski definition) is 0. The molecule has 0 spiro atoms. The molecule has 1 heterocycles. The predicted octanol–water partition coefficient (Wildman–Crippen LogP) is 15.1. The van der Waals surface area contributed by atoms with Crippen LogP contribution in [0, 0.1) is 0 Å². The van der Waals surface area contributed by atoms with Crippen molar-refractivity contribution in [2.75, 3.05) is 0 Å². The van der Waals surface area contributed by atoms with Crippen molar-refractivity contribution in [3.8, 4) is 44.5 Å². The van der Waals surface area contributed by atoms with Crippen LogP contribution in [0.3, 0.4) is 0 Å². The molecule has 55 heavy (non-hydrogen) atoms. The van der Waals surface area contributed by atoms with Crippen LogP contribution in [0.25, 0.3) is 88.0 Å². The molecule has 0 fully saturated rings. The number of furan rings is 1. The standard InChI is InChI=1S/C54H44O/c1-52(2,3)33-27-24-31(25-28-33)44-34-16-8-10-18-36(34)45(37-19-11-9-17-35(37)44)32-26-29-39-42(30-32)54(6,7)49-46(39)47-40-21-13-15-23-43(40)55-51(47)48-38-20-12-14-22-41(38)53(4,5)50(48)49/h8-30H,1-7H3. The molecule has 2 aliphatic carbocycles. The Labute approximate surface area is 323 Å². The van der Waals surface area contributed by atoms with Crippen LogP contribution >= 0.6 is 0 Å². The van der Waals surface area contributed by atoms with Crippen molar-refractivity contribution < 1.29 is 4.42 Å². The summed E-state index contributed by atoms with van der Waals surface area (Å²) in [5.74, 6) is 0. The van der Waals surface area contributed by atoms with Gasteiger partial charge in [0.05, 0.1) is 0 Å². The van der Waals surface area contributed by atoms with Crippen LogP contribution in [0.5, 0.6) is 0 Å². The quantitative estimate of drug-likeness (QED) is 0.163. The first-order valence-electron chi connectivity index (χ1n) is 19.8. The van der Waals surface area contributed by atoms with E-state index in [-0.39, 0.29) is 16.2 Å². The van der Waals surface area contributed by atoms with Gasteiger partial charge in [-0.1, -0.05) is 176 Å². The molecule has 0 unspecified atom stereocenters. The van der Waals surface area contributed by atoms with Gasteiger partial charge in [0.2, 0.25) is 0 Å². The lowest BCUT2D eigenvalue weighted by atomic mass is 9.72. The molecule has 0 radical (unpaired) electrons. The number of hydrogen-bond acceptors (Lipinski definition) is 1. The van der Waals surface area contributed by atoms with Gasteiger partial charge in [0, 0.05) is 27.2 Å². The van der Waals surface area contributed by atoms with Gasteiger partial charge < -0.3 is 4.42 Å². The fourth-order valence-electron chi connectivity index (χ4n) is 10.6. The van der Waals surface area contributed by atoms with Crippen LogP contribution in [0.2, 0.25) is 0 Å². The minimum atomic E-state index is -0.253. The van der Waals surface area contributed by atoms with Crippen molar-refractivity contribution >= 4 is 43.5 Å². The number of benzene rings is 8. The summed E-state index contributed by atoms with van der Waals surface area (Å²) in [5.41, 5.74) is 18.9. The summed E-state index contributed by atoms with van der Waals surface area (Å²) in [5, 5.41) is 7.57. The summed E-state index contributed by atoms with van der Waals surface area (Å²) in [6.45, 7) is 16.6. The van der Waals surface area contributed by atoms with E-state index in [2.05, 4.69) is 188 Å². The molecule has 0 saturated carbocycles. The topological polar surface area (TPSA) is 13.1 Å². The van der Waals surface area contributed by atoms with E-state index in [1.807, 2.05) is 0 Å². The van der Waals surface area contributed by atoms with E-state index in [4.69, 9.17) is 4.42 Å². The second kappa shape index (κ2) is 10.9. The summed E-state index contributed by atoms with van der Waals surface area (Å²) in [6, 6.07) is 52.3. The summed E-state index contributed by atoms with van der Waals surface area (Å²) in [7, 11) is 0. The highest BCUT2D eigenvalue weighted by Gasteiger charge is 2.48. The van der Waals surface area contributed by atoms with Gasteiger partial charge in [-0.15, -0.1) is 0 Å². The molecule has 0 N–H and O–H groups in total. The van der Waals surface area contributed by atoms with E-state index in [1.54, 1.807) is 0 Å². The number of para-hydroxylation sites is 1. The second-order valence-electron chi connectivity index (χ2n) is 18.0. The second-order valence-corrected chi connectivity index (χ2v) is 18.0. The van der Waals surface area contributed by atoms with Crippen LogP contribution in [0.15, 0.2) is 144 Å². The largest absolute Gasteiger partial charge is 0.455 e. The first kappa shape index (κ1) is 32.5. The Kier molecular flexibility index (Phi) is 6.42. The molecule has 0 atom stereocenters. The molecule has 0 aliphatic heterocycles. The van der Waals surface area contributed by atoms with Crippen molar-refractivity contribution in [3.05, 3.63) is 167 Å². The van der Waals surface area contributed by atoms with Crippen molar-refractivity contribution in [2.45, 2.75) is 64.7 Å². The van der Waals surface area contributed by atoms with Crippen LogP contribution in [0.1, 0.15) is 76.3 Å². The summed E-state index contributed by atoms with van der Waals surface area (Å²) >= 11 is 0. The van der Waals surface area contributed by atoms with Crippen molar-refractivity contribution in [1.29, 1.82) is 0 Å². The van der Waals surface area contributed by atoms with E-state index in [0.29, 0.717) is 0 Å². The van der Waals surface area contributed by atoms with E-state index in [1.165, 1.54) is 105 Å². The van der Waals surface area contributed by atoms with Crippen molar-refractivity contribution in [2.24, 2.45) is 0 Å². The van der Waals surface area contributed by atoms with Crippen molar-refractivity contribution in [1.82, 2.24) is 0 Å². The van der Waals surface area contributed by atoms with Gasteiger partial charge >= 0.3 is 0 Å².